The summed E-state index contributed by atoms with van der Waals surface area (Å²) in [4.78, 5) is 36.5. The van der Waals surface area contributed by atoms with E-state index in [2.05, 4.69) is 15.7 Å². The van der Waals surface area contributed by atoms with Crippen LogP contribution in [0, 0.1) is 5.82 Å². The van der Waals surface area contributed by atoms with Crippen LogP contribution in [0.25, 0.3) is 10.9 Å². The van der Waals surface area contributed by atoms with Crippen LogP contribution in [0.5, 0.6) is 0 Å². The van der Waals surface area contributed by atoms with E-state index in [9.17, 15) is 18.8 Å². The van der Waals surface area contributed by atoms with Crippen LogP contribution in [0.3, 0.4) is 0 Å². The number of aromatic nitrogens is 2. The molecule has 0 aliphatic heterocycles. The van der Waals surface area contributed by atoms with Crippen LogP contribution >= 0.6 is 0 Å². The van der Waals surface area contributed by atoms with Crippen molar-refractivity contribution >= 4 is 34.3 Å². The number of fused-ring (bicyclic) bond motifs is 1. The van der Waals surface area contributed by atoms with Crippen LogP contribution in [-0.2, 0) is 16.1 Å². The second-order valence-electron chi connectivity index (χ2n) is 7.55. The van der Waals surface area contributed by atoms with Gasteiger partial charge in [-0.15, -0.1) is 0 Å². The van der Waals surface area contributed by atoms with Crippen molar-refractivity contribution in [3.63, 3.8) is 0 Å². The third kappa shape index (κ3) is 5.19. The van der Waals surface area contributed by atoms with Gasteiger partial charge in [0.1, 0.15) is 18.0 Å². The Hall–Kier alpha value is -3.75. The Morgan fingerprint density at radius 3 is 2.57 bits per heavy atom. The molecule has 0 saturated carbocycles. The first-order chi connectivity index (χ1) is 14.1. The van der Waals surface area contributed by atoms with E-state index < -0.39 is 23.4 Å². The number of anilines is 2. The second kappa shape index (κ2) is 8.32. The van der Waals surface area contributed by atoms with Gasteiger partial charge in [0.05, 0.1) is 23.1 Å². The van der Waals surface area contributed by atoms with E-state index in [4.69, 9.17) is 4.74 Å². The van der Waals surface area contributed by atoms with Gasteiger partial charge >= 0.3 is 6.09 Å². The lowest BCUT2D eigenvalue weighted by Gasteiger charge is -2.20. The van der Waals surface area contributed by atoms with Crippen molar-refractivity contribution < 1.29 is 18.7 Å². The fraction of sp³-hybridized carbons (Fsp3) is 0.238. The van der Waals surface area contributed by atoms with Gasteiger partial charge < -0.3 is 10.1 Å². The largest absolute Gasteiger partial charge is 0.444 e. The van der Waals surface area contributed by atoms with Crippen molar-refractivity contribution in [2.24, 2.45) is 0 Å². The molecular weight excluding hydrogens is 391 g/mol. The van der Waals surface area contributed by atoms with E-state index in [0.29, 0.717) is 10.9 Å². The van der Waals surface area contributed by atoms with Crippen LogP contribution in [0.1, 0.15) is 20.8 Å². The molecule has 2 amide bonds. The third-order valence-corrected chi connectivity index (χ3v) is 3.95. The molecule has 156 valence electrons. The van der Waals surface area contributed by atoms with Gasteiger partial charge in [0.2, 0.25) is 11.3 Å². The minimum Gasteiger partial charge on any atom is -0.444 e. The molecule has 2 aromatic carbocycles. The number of hydrogen-bond acceptors (Lipinski definition) is 5. The molecule has 3 aromatic rings. The fourth-order valence-electron chi connectivity index (χ4n) is 2.76. The lowest BCUT2D eigenvalue weighted by molar-refractivity contribution is -0.116. The molecular formula is C21H21FN4O4. The Kier molecular flexibility index (Phi) is 5.81. The molecule has 1 aromatic heterocycles. The van der Waals surface area contributed by atoms with Gasteiger partial charge in [-0.2, -0.15) is 5.10 Å². The highest BCUT2D eigenvalue weighted by Crippen LogP contribution is 2.24. The van der Waals surface area contributed by atoms with Crippen LogP contribution < -0.4 is 16.1 Å². The SMILES string of the molecule is CC(C)(C)OC(=O)Nc1ccc(F)cc1NC(=O)Cn1ncc(=O)c2ccccc21. The van der Waals surface area contributed by atoms with E-state index >= 15 is 0 Å². The maximum Gasteiger partial charge on any atom is 0.412 e. The van der Waals surface area contributed by atoms with Gasteiger partial charge in [-0.1, -0.05) is 12.1 Å². The summed E-state index contributed by atoms with van der Waals surface area (Å²) >= 11 is 0. The summed E-state index contributed by atoms with van der Waals surface area (Å²) in [7, 11) is 0. The minimum absolute atomic E-state index is 0.0659. The summed E-state index contributed by atoms with van der Waals surface area (Å²) in [6.07, 6.45) is 0.394. The molecule has 0 aliphatic rings. The molecule has 0 atom stereocenters. The van der Waals surface area contributed by atoms with Gasteiger partial charge in [-0.25, -0.2) is 9.18 Å². The topological polar surface area (TPSA) is 102 Å². The normalized spacial score (nSPS) is 11.2. The van der Waals surface area contributed by atoms with Gasteiger partial charge in [-0.05, 0) is 51.1 Å². The van der Waals surface area contributed by atoms with Crippen LogP contribution in [-0.4, -0.2) is 27.4 Å². The lowest BCUT2D eigenvalue weighted by Crippen LogP contribution is -2.28. The molecule has 0 bridgehead atoms. The first-order valence-corrected chi connectivity index (χ1v) is 9.17. The molecule has 0 fully saturated rings. The maximum atomic E-state index is 13.7. The molecule has 3 rings (SSSR count). The van der Waals surface area contributed by atoms with Crippen LogP contribution in [0.4, 0.5) is 20.6 Å². The van der Waals surface area contributed by atoms with Gasteiger partial charge in [0, 0.05) is 5.39 Å². The number of halogens is 1. The molecule has 0 spiro atoms. The van der Waals surface area contributed by atoms with Crippen molar-refractivity contribution in [2.45, 2.75) is 32.9 Å². The van der Waals surface area contributed by atoms with Crippen molar-refractivity contribution in [1.29, 1.82) is 0 Å². The summed E-state index contributed by atoms with van der Waals surface area (Å²) in [5, 5.41) is 9.48. The monoisotopic (exact) mass is 412 g/mol. The Labute approximate surface area is 171 Å². The van der Waals surface area contributed by atoms with E-state index in [1.54, 1.807) is 45.0 Å². The summed E-state index contributed by atoms with van der Waals surface area (Å²) in [5.74, 6) is -1.11. The Balaban J connectivity index is 1.80. The molecule has 0 aliphatic carbocycles. The highest BCUT2D eigenvalue weighted by Gasteiger charge is 2.18. The van der Waals surface area contributed by atoms with E-state index in [1.165, 1.54) is 10.7 Å². The Morgan fingerprint density at radius 1 is 1.10 bits per heavy atom. The van der Waals surface area contributed by atoms with Crippen molar-refractivity contribution in [1.82, 2.24) is 9.78 Å². The summed E-state index contributed by atoms with van der Waals surface area (Å²) in [6, 6.07) is 10.3. The van der Waals surface area contributed by atoms with Crippen LogP contribution in [0.2, 0.25) is 0 Å². The number of nitrogens with zero attached hydrogens (tertiary/aromatic N) is 2. The number of hydrogen-bond donors (Lipinski definition) is 2. The molecule has 2 N–H and O–H groups in total. The first-order valence-electron chi connectivity index (χ1n) is 9.17. The van der Waals surface area contributed by atoms with Crippen molar-refractivity contribution in [3.05, 3.63) is 64.7 Å². The van der Waals surface area contributed by atoms with E-state index in [-0.39, 0.29) is 23.3 Å². The Bertz CT molecular complexity index is 1170. The van der Waals surface area contributed by atoms with Crippen molar-refractivity contribution in [3.8, 4) is 0 Å². The fourth-order valence-corrected chi connectivity index (χ4v) is 2.76. The van der Waals surface area contributed by atoms with E-state index in [0.717, 1.165) is 18.3 Å². The molecule has 0 saturated heterocycles. The quantitative estimate of drug-likeness (QED) is 0.683. The van der Waals surface area contributed by atoms with Gasteiger partial charge in [0.15, 0.2) is 0 Å². The van der Waals surface area contributed by atoms with Crippen molar-refractivity contribution in [2.75, 3.05) is 10.6 Å². The predicted molar refractivity (Wildman–Crippen MR) is 111 cm³/mol. The molecule has 0 radical (unpaired) electrons. The molecule has 0 unspecified atom stereocenters. The second-order valence-corrected chi connectivity index (χ2v) is 7.55. The number of amides is 2. The predicted octanol–water partition coefficient (Wildman–Crippen LogP) is 3.52. The van der Waals surface area contributed by atoms with Crippen LogP contribution in [0.15, 0.2) is 53.5 Å². The number of nitrogens with one attached hydrogen (secondary N) is 2. The van der Waals surface area contributed by atoms with Gasteiger partial charge in [-0.3, -0.25) is 19.6 Å². The lowest BCUT2D eigenvalue weighted by atomic mass is 10.2. The summed E-state index contributed by atoms with van der Waals surface area (Å²) in [6.45, 7) is 4.91. The zero-order valence-corrected chi connectivity index (χ0v) is 16.7. The summed E-state index contributed by atoms with van der Waals surface area (Å²) < 4.78 is 20.3. The number of ether oxygens (including phenoxy) is 1. The minimum atomic E-state index is -0.738. The number of carbonyl (C=O) groups excluding carboxylic acids is 2. The molecule has 9 heteroatoms. The number of rotatable bonds is 4. The number of benzene rings is 2. The first kappa shape index (κ1) is 21.0. The standard InChI is InChI=1S/C21H21FN4O4/c1-21(2,3)30-20(29)25-15-9-8-13(22)10-16(15)24-19(28)12-26-17-7-5-4-6-14(17)18(27)11-23-26/h4-11H,12H2,1-3H3,(H,24,28)(H,25,29). The zero-order valence-electron chi connectivity index (χ0n) is 16.7. The molecule has 8 nitrogen and oxygen atoms in total. The number of carbonyl (C=O) groups is 2. The van der Waals surface area contributed by atoms with Gasteiger partial charge in [0.25, 0.3) is 0 Å². The maximum absolute atomic E-state index is 13.7. The number of para-hydroxylation sites is 1. The molecule has 1 heterocycles. The zero-order chi connectivity index (χ0) is 21.9. The third-order valence-electron chi connectivity index (χ3n) is 3.95. The highest BCUT2D eigenvalue weighted by molar-refractivity contribution is 5.98. The average molecular weight is 412 g/mol. The summed E-state index contributed by atoms with van der Waals surface area (Å²) in [5.41, 5.74) is -0.236. The smallest absolute Gasteiger partial charge is 0.412 e. The molecule has 30 heavy (non-hydrogen) atoms. The Morgan fingerprint density at radius 2 is 1.83 bits per heavy atom. The van der Waals surface area contributed by atoms with E-state index in [1.807, 2.05) is 0 Å². The highest BCUT2D eigenvalue weighted by atomic mass is 19.1. The average Bonchev–Trinajstić information content (AvgIpc) is 2.65.